The molecule has 3 heteroatoms. The molecule has 0 bridgehead atoms. The fourth-order valence-corrected chi connectivity index (χ4v) is 2.46. The van der Waals surface area contributed by atoms with E-state index >= 15 is 0 Å². The first-order chi connectivity index (χ1) is 6.59. The molecule has 0 aromatic rings. The van der Waals surface area contributed by atoms with Crippen LogP contribution in [0.3, 0.4) is 0 Å². The van der Waals surface area contributed by atoms with Crippen molar-refractivity contribution in [1.82, 2.24) is 4.90 Å². The maximum Gasteiger partial charge on any atom is 0.196 e. The lowest BCUT2D eigenvalue weighted by Gasteiger charge is -2.32. The summed E-state index contributed by atoms with van der Waals surface area (Å²) in [6, 6.07) is 0.662. The Hall–Kier alpha value is -0.700. The number of likely N-dealkylation sites (tertiary alicyclic amines) is 1. The van der Waals surface area contributed by atoms with Crippen molar-refractivity contribution in [2.24, 2.45) is 11.0 Å². The summed E-state index contributed by atoms with van der Waals surface area (Å²) in [6.07, 6.45) is 1.18. The van der Waals surface area contributed by atoms with Crippen LogP contribution < -0.4 is 0 Å². The van der Waals surface area contributed by atoms with Crippen LogP contribution in [0.1, 0.15) is 27.2 Å². The van der Waals surface area contributed by atoms with Gasteiger partial charge in [0.05, 0.1) is 11.6 Å². The van der Waals surface area contributed by atoms with Crippen molar-refractivity contribution in [3.05, 3.63) is 0 Å². The van der Waals surface area contributed by atoms with E-state index in [1.165, 1.54) is 24.4 Å². The molecule has 0 aromatic carbocycles. The molecular formula is C11H20N3+. The van der Waals surface area contributed by atoms with Crippen LogP contribution in [0.15, 0.2) is 5.10 Å². The molecule has 0 N–H and O–H groups in total. The van der Waals surface area contributed by atoms with Crippen LogP contribution in [-0.2, 0) is 0 Å². The summed E-state index contributed by atoms with van der Waals surface area (Å²) < 4.78 is 2.08. The maximum atomic E-state index is 4.51. The predicted molar refractivity (Wildman–Crippen MR) is 59.1 cm³/mol. The second-order valence-electron chi connectivity index (χ2n) is 4.65. The Morgan fingerprint density at radius 2 is 2.21 bits per heavy atom. The third-order valence-corrected chi connectivity index (χ3v) is 3.43. The van der Waals surface area contributed by atoms with Gasteiger partial charge < -0.3 is 0 Å². The quantitative estimate of drug-likeness (QED) is 0.574. The van der Waals surface area contributed by atoms with Crippen LogP contribution in [0, 0.1) is 5.92 Å². The van der Waals surface area contributed by atoms with E-state index in [1.54, 1.807) is 0 Å². The average Bonchev–Trinajstić information content (AvgIpc) is 2.42. The van der Waals surface area contributed by atoms with Crippen LogP contribution >= 0.6 is 0 Å². The first kappa shape index (κ1) is 9.84. The summed E-state index contributed by atoms with van der Waals surface area (Å²) in [7, 11) is 2.07. The third kappa shape index (κ3) is 1.50. The Kier molecular flexibility index (Phi) is 2.43. The van der Waals surface area contributed by atoms with Gasteiger partial charge in [-0.25, -0.2) is 0 Å². The van der Waals surface area contributed by atoms with Gasteiger partial charge in [-0.3, -0.25) is 4.90 Å². The van der Waals surface area contributed by atoms with E-state index in [9.17, 15) is 0 Å². The Morgan fingerprint density at radius 3 is 2.86 bits per heavy atom. The van der Waals surface area contributed by atoms with Gasteiger partial charge >= 0.3 is 0 Å². The number of piperidine rings is 1. The molecule has 14 heavy (non-hydrogen) atoms. The van der Waals surface area contributed by atoms with Crippen molar-refractivity contribution in [3.8, 4) is 0 Å². The smallest absolute Gasteiger partial charge is 0.196 e. The second-order valence-corrected chi connectivity index (χ2v) is 4.65. The molecule has 0 aliphatic carbocycles. The molecule has 78 valence electrons. The number of rotatable bonds is 1. The summed E-state index contributed by atoms with van der Waals surface area (Å²) in [6.45, 7) is 9.05. The second kappa shape index (κ2) is 3.46. The largest absolute Gasteiger partial charge is 0.299 e. The van der Waals surface area contributed by atoms with Crippen molar-refractivity contribution in [2.45, 2.75) is 33.2 Å². The highest BCUT2D eigenvalue weighted by Gasteiger charge is 2.38. The summed E-state index contributed by atoms with van der Waals surface area (Å²) in [4.78, 5) is 2.55. The lowest BCUT2D eigenvalue weighted by Crippen LogP contribution is -2.46. The van der Waals surface area contributed by atoms with Crippen molar-refractivity contribution < 1.29 is 4.68 Å². The number of hydrazone groups is 1. The highest BCUT2D eigenvalue weighted by molar-refractivity contribution is 6.06. The first-order valence-electron chi connectivity index (χ1n) is 5.48. The summed E-state index contributed by atoms with van der Waals surface area (Å²) >= 11 is 0. The van der Waals surface area contributed by atoms with Gasteiger partial charge in [0.1, 0.15) is 0 Å². The normalized spacial score (nSPS) is 28.4. The zero-order chi connectivity index (χ0) is 10.3. The van der Waals surface area contributed by atoms with Gasteiger partial charge in [-0.2, -0.15) is 0 Å². The standard InChI is InChI=1S/C11H20N3/c1-8(2)14-6-5-11-10(7-14)9(3)12-13(11)4/h8,10H,5-7H2,1-4H3/q+1. The lowest BCUT2D eigenvalue weighted by atomic mass is 9.92. The van der Waals surface area contributed by atoms with Crippen LogP contribution in [0.25, 0.3) is 0 Å². The number of hydrogen-bond donors (Lipinski definition) is 0. The van der Waals surface area contributed by atoms with Crippen LogP contribution in [-0.4, -0.2) is 47.2 Å². The predicted octanol–water partition coefficient (Wildman–Crippen LogP) is 1.19. The van der Waals surface area contributed by atoms with Crippen molar-refractivity contribution >= 4 is 11.4 Å². The van der Waals surface area contributed by atoms with Gasteiger partial charge in [0, 0.05) is 25.6 Å². The molecule has 2 heterocycles. The van der Waals surface area contributed by atoms with Gasteiger partial charge in [-0.1, -0.05) is 4.68 Å². The van der Waals surface area contributed by atoms with E-state index < -0.39 is 0 Å². The fraction of sp³-hybridized carbons (Fsp3) is 0.818. The molecular weight excluding hydrogens is 174 g/mol. The number of hydrogen-bond acceptors (Lipinski definition) is 2. The van der Waals surface area contributed by atoms with Crippen molar-refractivity contribution in [1.29, 1.82) is 0 Å². The van der Waals surface area contributed by atoms with Gasteiger partial charge in [-0.15, -0.1) is 0 Å². The third-order valence-electron chi connectivity index (χ3n) is 3.43. The van der Waals surface area contributed by atoms with Crippen LogP contribution in [0.4, 0.5) is 0 Å². The van der Waals surface area contributed by atoms with E-state index in [2.05, 4.69) is 42.5 Å². The molecule has 2 rings (SSSR count). The van der Waals surface area contributed by atoms with E-state index in [4.69, 9.17) is 0 Å². The Morgan fingerprint density at radius 1 is 1.50 bits per heavy atom. The lowest BCUT2D eigenvalue weighted by molar-refractivity contribution is -0.501. The van der Waals surface area contributed by atoms with E-state index in [0.29, 0.717) is 12.0 Å². The fourth-order valence-electron chi connectivity index (χ4n) is 2.46. The summed E-state index contributed by atoms with van der Waals surface area (Å²) in [5.74, 6) is 0.594. The molecule has 2 aliphatic rings. The molecule has 1 saturated heterocycles. The topological polar surface area (TPSA) is 18.6 Å². The van der Waals surface area contributed by atoms with Crippen molar-refractivity contribution in [2.75, 3.05) is 20.1 Å². The van der Waals surface area contributed by atoms with Crippen LogP contribution in [0.5, 0.6) is 0 Å². The minimum atomic E-state index is 0.594. The monoisotopic (exact) mass is 194 g/mol. The molecule has 1 fully saturated rings. The molecule has 2 aliphatic heterocycles. The zero-order valence-electron chi connectivity index (χ0n) is 9.62. The minimum absolute atomic E-state index is 0.594. The highest BCUT2D eigenvalue weighted by Crippen LogP contribution is 2.21. The highest BCUT2D eigenvalue weighted by atomic mass is 15.4. The van der Waals surface area contributed by atoms with E-state index in [1.807, 2.05) is 0 Å². The average molecular weight is 194 g/mol. The number of nitrogens with zero attached hydrogens (tertiary/aromatic N) is 3. The Balaban J connectivity index is 2.15. The number of fused-ring (bicyclic) bond motifs is 1. The molecule has 1 unspecified atom stereocenters. The summed E-state index contributed by atoms with van der Waals surface area (Å²) in [5, 5.41) is 4.51. The molecule has 0 radical (unpaired) electrons. The molecule has 3 nitrogen and oxygen atoms in total. The SMILES string of the molecule is CC1=N[N+](C)=C2CCN(C(C)C)CC12. The molecule has 0 saturated carbocycles. The molecule has 1 atom stereocenters. The van der Waals surface area contributed by atoms with E-state index in [0.717, 1.165) is 6.54 Å². The van der Waals surface area contributed by atoms with Gasteiger partial charge in [-0.05, 0) is 25.9 Å². The maximum absolute atomic E-state index is 4.51. The minimum Gasteiger partial charge on any atom is -0.299 e. The molecule has 0 spiro atoms. The summed E-state index contributed by atoms with van der Waals surface area (Å²) in [5.41, 5.74) is 2.80. The molecule has 0 aromatic heterocycles. The van der Waals surface area contributed by atoms with Crippen molar-refractivity contribution in [3.63, 3.8) is 0 Å². The van der Waals surface area contributed by atoms with Gasteiger partial charge in [0.15, 0.2) is 12.8 Å². The van der Waals surface area contributed by atoms with Gasteiger partial charge in [0.2, 0.25) is 0 Å². The van der Waals surface area contributed by atoms with Gasteiger partial charge in [0.25, 0.3) is 0 Å². The zero-order valence-corrected chi connectivity index (χ0v) is 9.62. The molecule has 0 amide bonds. The van der Waals surface area contributed by atoms with Crippen LogP contribution in [0.2, 0.25) is 0 Å². The van der Waals surface area contributed by atoms with E-state index in [-0.39, 0.29) is 0 Å². The Labute approximate surface area is 86.1 Å². The first-order valence-corrected chi connectivity index (χ1v) is 5.48. The Bertz CT molecular complexity index is 302.